The molecule has 1 aliphatic carbocycles. The van der Waals surface area contributed by atoms with E-state index in [0.29, 0.717) is 6.04 Å². The lowest BCUT2D eigenvalue weighted by molar-refractivity contribution is 0.254. The molecule has 1 N–H and O–H groups in total. The average Bonchev–Trinajstić information content (AvgIpc) is 3.06. The van der Waals surface area contributed by atoms with Gasteiger partial charge in [-0.1, -0.05) is 13.3 Å². The van der Waals surface area contributed by atoms with Gasteiger partial charge in [0.2, 0.25) is 0 Å². The van der Waals surface area contributed by atoms with Gasteiger partial charge in [-0.05, 0) is 37.8 Å². The minimum Gasteiger partial charge on any atom is -0.496 e. The van der Waals surface area contributed by atoms with Crippen LogP contribution in [0.25, 0.3) is 0 Å². The minimum absolute atomic E-state index is 0.287. The van der Waals surface area contributed by atoms with Crippen molar-refractivity contribution in [2.45, 2.75) is 58.2 Å². The first-order chi connectivity index (χ1) is 9.71. The molecule has 2 aliphatic rings. The molecule has 1 aromatic rings. The molecule has 0 spiro atoms. The quantitative estimate of drug-likeness (QED) is 0.864. The second kappa shape index (κ2) is 5.65. The zero-order chi connectivity index (χ0) is 14.1. The van der Waals surface area contributed by atoms with E-state index >= 15 is 0 Å². The highest BCUT2D eigenvalue weighted by Crippen LogP contribution is 2.37. The van der Waals surface area contributed by atoms with Crippen LogP contribution in [0.5, 0.6) is 11.5 Å². The number of nitrogens with one attached hydrogen (secondary N) is 1. The molecule has 3 nitrogen and oxygen atoms in total. The molecule has 1 fully saturated rings. The number of ether oxygens (including phenoxy) is 2. The molecule has 0 saturated heterocycles. The third kappa shape index (κ3) is 2.78. The van der Waals surface area contributed by atoms with Crippen molar-refractivity contribution in [2.24, 2.45) is 5.92 Å². The third-order valence-corrected chi connectivity index (χ3v) is 4.44. The van der Waals surface area contributed by atoms with Gasteiger partial charge in [0, 0.05) is 30.1 Å². The Bertz CT molecular complexity index is 486. The van der Waals surface area contributed by atoms with E-state index < -0.39 is 0 Å². The molecule has 1 aromatic carbocycles. The van der Waals surface area contributed by atoms with Crippen molar-refractivity contribution in [3.8, 4) is 11.5 Å². The van der Waals surface area contributed by atoms with Gasteiger partial charge in [-0.3, -0.25) is 0 Å². The van der Waals surface area contributed by atoms with Gasteiger partial charge < -0.3 is 14.8 Å². The first kappa shape index (κ1) is 13.7. The first-order valence-electron chi connectivity index (χ1n) is 7.81. The molecule has 0 bridgehead atoms. The van der Waals surface area contributed by atoms with E-state index in [1.54, 1.807) is 7.11 Å². The fourth-order valence-electron chi connectivity index (χ4n) is 3.24. The van der Waals surface area contributed by atoms with Gasteiger partial charge in [-0.15, -0.1) is 0 Å². The Morgan fingerprint density at radius 3 is 3.00 bits per heavy atom. The van der Waals surface area contributed by atoms with Gasteiger partial charge in [0.15, 0.2) is 0 Å². The van der Waals surface area contributed by atoms with E-state index in [1.165, 1.54) is 30.4 Å². The predicted molar refractivity (Wildman–Crippen MR) is 80.4 cm³/mol. The zero-order valence-corrected chi connectivity index (χ0v) is 12.7. The predicted octanol–water partition coefficient (Wildman–Crippen LogP) is 3.30. The van der Waals surface area contributed by atoms with Crippen LogP contribution in [0.2, 0.25) is 0 Å². The summed E-state index contributed by atoms with van der Waals surface area (Å²) in [6.07, 6.45) is 5.24. The summed E-state index contributed by atoms with van der Waals surface area (Å²) < 4.78 is 11.4. The Morgan fingerprint density at radius 2 is 2.25 bits per heavy atom. The van der Waals surface area contributed by atoms with Gasteiger partial charge >= 0.3 is 0 Å². The van der Waals surface area contributed by atoms with E-state index in [-0.39, 0.29) is 6.10 Å². The Balaban J connectivity index is 1.65. The van der Waals surface area contributed by atoms with E-state index in [2.05, 4.69) is 31.3 Å². The molecular weight excluding hydrogens is 250 g/mol. The molecule has 1 heterocycles. The van der Waals surface area contributed by atoms with Crippen molar-refractivity contribution in [2.75, 3.05) is 7.11 Å². The van der Waals surface area contributed by atoms with Crippen LogP contribution in [0.15, 0.2) is 12.1 Å². The summed E-state index contributed by atoms with van der Waals surface area (Å²) in [6, 6.07) is 5.00. The van der Waals surface area contributed by atoms with Crippen molar-refractivity contribution >= 4 is 0 Å². The molecule has 0 aromatic heterocycles. The lowest BCUT2D eigenvalue weighted by Crippen LogP contribution is -2.18. The fourth-order valence-corrected chi connectivity index (χ4v) is 3.24. The summed E-state index contributed by atoms with van der Waals surface area (Å²) in [5, 5.41) is 3.65. The number of benzene rings is 1. The molecule has 110 valence electrons. The lowest BCUT2D eigenvalue weighted by Gasteiger charge is -2.12. The summed E-state index contributed by atoms with van der Waals surface area (Å²) >= 11 is 0. The van der Waals surface area contributed by atoms with Gasteiger partial charge in [0.25, 0.3) is 0 Å². The van der Waals surface area contributed by atoms with Crippen LogP contribution in [0.1, 0.15) is 44.2 Å². The smallest absolute Gasteiger partial charge is 0.123 e. The number of rotatable bonds is 6. The second-order valence-electron chi connectivity index (χ2n) is 6.18. The molecule has 0 radical (unpaired) electrons. The molecule has 20 heavy (non-hydrogen) atoms. The standard InChI is InChI=1S/C17H25NO2/c1-4-5-12-7-15(12)18-10-14-9-17-13(6-11(2)20-17)8-16(14)19-3/h8-9,11-12,15,18H,4-7,10H2,1-3H3. The Labute approximate surface area is 121 Å². The SMILES string of the molecule is CCCC1CC1NCc1cc2c(cc1OC)CC(C)O2. The van der Waals surface area contributed by atoms with Crippen molar-refractivity contribution in [3.63, 3.8) is 0 Å². The normalized spacial score (nSPS) is 27.1. The number of hydrogen-bond donors (Lipinski definition) is 1. The molecule has 3 rings (SSSR count). The van der Waals surface area contributed by atoms with Gasteiger partial charge in [-0.25, -0.2) is 0 Å². The Morgan fingerprint density at radius 1 is 1.40 bits per heavy atom. The first-order valence-corrected chi connectivity index (χ1v) is 7.81. The molecule has 3 unspecified atom stereocenters. The molecule has 3 atom stereocenters. The maximum atomic E-state index is 5.85. The highest BCUT2D eigenvalue weighted by Gasteiger charge is 2.35. The van der Waals surface area contributed by atoms with Crippen LogP contribution in [-0.2, 0) is 13.0 Å². The lowest BCUT2D eigenvalue weighted by atomic mass is 10.1. The summed E-state index contributed by atoms with van der Waals surface area (Å²) in [5.74, 6) is 2.91. The molecule has 0 amide bonds. The van der Waals surface area contributed by atoms with Crippen LogP contribution >= 0.6 is 0 Å². The van der Waals surface area contributed by atoms with Crippen molar-refractivity contribution in [1.29, 1.82) is 0 Å². The number of methoxy groups -OCH3 is 1. The Hall–Kier alpha value is -1.22. The van der Waals surface area contributed by atoms with E-state index in [4.69, 9.17) is 9.47 Å². The van der Waals surface area contributed by atoms with Crippen LogP contribution in [-0.4, -0.2) is 19.3 Å². The topological polar surface area (TPSA) is 30.5 Å². The summed E-state index contributed by atoms with van der Waals surface area (Å²) in [5.41, 5.74) is 2.48. The third-order valence-electron chi connectivity index (χ3n) is 4.44. The molecule has 3 heteroatoms. The molecule has 1 aliphatic heterocycles. The van der Waals surface area contributed by atoms with Gasteiger partial charge in [0.05, 0.1) is 7.11 Å². The van der Waals surface area contributed by atoms with E-state index in [9.17, 15) is 0 Å². The van der Waals surface area contributed by atoms with Crippen molar-refractivity contribution in [1.82, 2.24) is 5.32 Å². The fraction of sp³-hybridized carbons (Fsp3) is 0.647. The summed E-state index contributed by atoms with van der Waals surface area (Å²) in [4.78, 5) is 0. The van der Waals surface area contributed by atoms with Crippen LogP contribution < -0.4 is 14.8 Å². The number of fused-ring (bicyclic) bond motifs is 1. The highest BCUT2D eigenvalue weighted by molar-refractivity contribution is 5.48. The monoisotopic (exact) mass is 275 g/mol. The van der Waals surface area contributed by atoms with Gasteiger partial charge in [0.1, 0.15) is 17.6 Å². The zero-order valence-electron chi connectivity index (χ0n) is 12.7. The second-order valence-corrected chi connectivity index (χ2v) is 6.18. The van der Waals surface area contributed by atoms with Crippen LogP contribution in [0.3, 0.4) is 0 Å². The maximum absolute atomic E-state index is 5.85. The minimum atomic E-state index is 0.287. The van der Waals surface area contributed by atoms with E-state index in [1.807, 2.05) is 0 Å². The largest absolute Gasteiger partial charge is 0.496 e. The molecule has 1 saturated carbocycles. The van der Waals surface area contributed by atoms with Crippen LogP contribution in [0, 0.1) is 5.92 Å². The summed E-state index contributed by atoms with van der Waals surface area (Å²) in [6.45, 7) is 5.25. The maximum Gasteiger partial charge on any atom is 0.123 e. The summed E-state index contributed by atoms with van der Waals surface area (Å²) in [7, 11) is 1.75. The number of hydrogen-bond acceptors (Lipinski definition) is 3. The van der Waals surface area contributed by atoms with E-state index in [0.717, 1.165) is 30.4 Å². The highest BCUT2D eigenvalue weighted by atomic mass is 16.5. The van der Waals surface area contributed by atoms with Crippen molar-refractivity contribution < 1.29 is 9.47 Å². The van der Waals surface area contributed by atoms with Crippen molar-refractivity contribution in [3.05, 3.63) is 23.3 Å². The van der Waals surface area contributed by atoms with Gasteiger partial charge in [-0.2, -0.15) is 0 Å². The Kier molecular flexibility index (Phi) is 3.88. The average molecular weight is 275 g/mol. The van der Waals surface area contributed by atoms with Crippen LogP contribution in [0.4, 0.5) is 0 Å². The molecular formula is C17H25NO2.